The van der Waals surface area contributed by atoms with Crippen LogP contribution in [0.4, 0.5) is 4.79 Å². The van der Waals surface area contributed by atoms with Crippen molar-refractivity contribution in [2.75, 3.05) is 26.2 Å². The molecule has 0 radical (unpaired) electrons. The van der Waals surface area contributed by atoms with Crippen LogP contribution < -0.4 is 10.1 Å². The number of hydrogen-bond acceptors (Lipinski definition) is 4. The van der Waals surface area contributed by atoms with Gasteiger partial charge in [-0.15, -0.1) is 11.3 Å². The number of hydrogen-bond donors (Lipinski definition) is 1. The van der Waals surface area contributed by atoms with Gasteiger partial charge in [0.15, 0.2) is 0 Å². The maximum atomic E-state index is 13.4. The van der Waals surface area contributed by atoms with Gasteiger partial charge in [0.25, 0.3) is 0 Å². The highest BCUT2D eigenvalue weighted by Gasteiger charge is 2.34. The van der Waals surface area contributed by atoms with E-state index >= 15 is 0 Å². The molecule has 3 rings (SSSR count). The molecule has 1 N–H and O–H groups in total. The van der Waals surface area contributed by atoms with E-state index in [4.69, 9.17) is 4.74 Å². The second kappa shape index (κ2) is 11.5. The van der Waals surface area contributed by atoms with Crippen molar-refractivity contribution < 1.29 is 14.3 Å². The van der Waals surface area contributed by atoms with E-state index in [1.54, 1.807) is 16.2 Å². The molecule has 2 heterocycles. The summed E-state index contributed by atoms with van der Waals surface area (Å²) in [5, 5.41) is 4.98. The van der Waals surface area contributed by atoms with Gasteiger partial charge in [-0.25, -0.2) is 4.79 Å². The Hall–Kier alpha value is -2.54. The number of urea groups is 1. The standard InChI is InChI=1S/C26H37N3O3S/c1-6-13-27-26(31)29(19(4)5)16-25(30)28-14-11-24-22(12-15-33-24)23(28)17-32-21-9-7-20(8-10-21)18(2)3/h7-10,12,15,18-19,23H,6,11,13-14,16-17H2,1-5H3,(H,27,31)/t23-/m0/s1. The fourth-order valence-corrected chi connectivity index (χ4v) is 4.99. The van der Waals surface area contributed by atoms with Gasteiger partial charge in [-0.05, 0) is 67.3 Å². The van der Waals surface area contributed by atoms with Gasteiger partial charge < -0.3 is 19.9 Å². The number of fused-ring (bicyclic) bond motifs is 1. The smallest absolute Gasteiger partial charge is 0.318 e. The molecular formula is C26H37N3O3S. The zero-order valence-corrected chi connectivity index (χ0v) is 21.3. The number of nitrogens with one attached hydrogen (secondary N) is 1. The molecule has 7 heteroatoms. The molecule has 1 atom stereocenters. The van der Waals surface area contributed by atoms with E-state index < -0.39 is 0 Å². The molecule has 0 aliphatic carbocycles. The summed E-state index contributed by atoms with van der Waals surface area (Å²) in [6.07, 6.45) is 1.69. The Morgan fingerprint density at radius 2 is 1.91 bits per heavy atom. The molecule has 0 unspecified atom stereocenters. The van der Waals surface area contributed by atoms with Gasteiger partial charge in [-0.1, -0.05) is 32.9 Å². The quantitative estimate of drug-likeness (QED) is 0.546. The monoisotopic (exact) mass is 471 g/mol. The van der Waals surface area contributed by atoms with Gasteiger partial charge >= 0.3 is 6.03 Å². The van der Waals surface area contributed by atoms with E-state index in [0.717, 1.165) is 24.2 Å². The van der Waals surface area contributed by atoms with Crippen LogP contribution in [0.1, 0.15) is 69.0 Å². The van der Waals surface area contributed by atoms with Gasteiger partial charge in [0.1, 0.15) is 18.9 Å². The van der Waals surface area contributed by atoms with Gasteiger partial charge in [-0.3, -0.25) is 4.79 Å². The lowest BCUT2D eigenvalue weighted by Gasteiger charge is -2.37. The summed E-state index contributed by atoms with van der Waals surface area (Å²) in [7, 11) is 0. The molecular weight excluding hydrogens is 434 g/mol. The van der Waals surface area contributed by atoms with Gasteiger partial charge in [0.2, 0.25) is 5.91 Å². The third-order valence-corrected chi connectivity index (χ3v) is 7.08. The third kappa shape index (κ3) is 6.28. The SMILES string of the molecule is CCCNC(=O)N(CC(=O)N1CCc2sccc2[C@@H]1COc1ccc(C(C)C)cc1)C(C)C. The van der Waals surface area contributed by atoms with E-state index in [0.29, 0.717) is 25.6 Å². The Labute approximate surface area is 201 Å². The maximum Gasteiger partial charge on any atom is 0.318 e. The zero-order valence-electron chi connectivity index (χ0n) is 20.5. The molecule has 0 spiro atoms. The van der Waals surface area contributed by atoms with Crippen LogP contribution in [0.3, 0.4) is 0 Å². The number of ether oxygens (including phenoxy) is 1. The molecule has 0 bridgehead atoms. The fraction of sp³-hybridized carbons (Fsp3) is 0.538. The number of benzene rings is 1. The lowest BCUT2D eigenvalue weighted by Crippen LogP contribution is -2.51. The summed E-state index contributed by atoms with van der Waals surface area (Å²) in [4.78, 5) is 30.8. The van der Waals surface area contributed by atoms with Crippen molar-refractivity contribution in [1.29, 1.82) is 0 Å². The van der Waals surface area contributed by atoms with Crippen molar-refractivity contribution in [3.05, 3.63) is 51.7 Å². The predicted octanol–water partition coefficient (Wildman–Crippen LogP) is 5.21. The second-order valence-electron chi connectivity index (χ2n) is 9.14. The van der Waals surface area contributed by atoms with E-state index in [2.05, 4.69) is 42.7 Å². The Bertz CT molecular complexity index is 923. The van der Waals surface area contributed by atoms with Crippen LogP contribution in [0.15, 0.2) is 35.7 Å². The molecule has 1 aliphatic rings. The number of rotatable bonds is 9. The Morgan fingerprint density at radius 3 is 2.55 bits per heavy atom. The van der Waals surface area contributed by atoms with E-state index in [-0.39, 0.29) is 30.6 Å². The summed E-state index contributed by atoms with van der Waals surface area (Å²) in [5.74, 6) is 1.23. The molecule has 0 saturated carbocycles. The molecule has 3 amide bonds. The lowest BCUT2D eigenvalue weighted by molar-refractivity contribution is -0.135. The Balaban J connectivity index is 1.73. The summed E-state index contributed by atoms with van der Waals surface area (Å²) < 4.78 is 6.16. The van der Waals surface area contributed by atoms with Crippen LogP contribution in [0.5, 0.6) is 5.75 Å². The van der Waals surface area contributed by atoms with Crippen LogP contribution in [0, 0.1) is 0 Å². The number of carbonyl (C=O) groups excluding carboxylic acids is 2. The summed E-state index contributed by atoms with van der Waals surface area (Å²) >= 11 is 1.73. The highest BCUT2D eigenvalue weighted by atomic mass is 32.1. The van der Waals surface area contributed by atoms with Crippen molar-refractivity contribution in [2.45, 2.75) is 65.5 Å². The van der Waals surface area contributed by atoms with Crippen LogP contribution in [-0.4, -0.2) is 54.0 Å². The summed E-state index contributed by atoms with van der Waals surface area (Å²) in [6.45, 7) is 11.9. The highest BCUT2D eigenvalue weighted by Crippen LogP contribution is 2.34. The molecule has 33 heavy (non-hydrogen) atoms. The third-order valence-electron chi connectivity index (χ3n) is 6.09. The van der Waals surface area contributed by atoms with Crippen molar-refractivity contribution in [3.63, 3.8) is 0 Å². The summed E-state index contributed by atoms with van der Waals surface area (Å²) in [5.41, 5.74) is 2.43. The van der Waals surface area contributed by atoms with E-state index in [1.165, 1.54) is 10.4 Å². The Kier molecular flexibility index (Phi) is 8.78. The van der Waals surface area contributed by atoms with Crippen LogP contribution in [0.25, 0.3) is 0 Å². The average Bonchev–Trinajstić information content (AvgIpc) is 3.28. The molecule has 1 aromatic carbocycles. The topological polar surface area (TPSA) is 61.9 Å². The average molecular weight is 472 g/mol. The van der Waals surface area contributed by atoms with Crippen LogP contribution in [-0.2, 0) is 11.2 Å². The fourth-order valence-electron chi connectivity index (χ4n) is 4.06. The van der Waals surface area contributed by atoms with Gasteiger partial charge in [0.05, 0.1) is 6.04 Å². The molecule has 6 nitrogen and oxygen atoms in total. The molecule has 1 aliphatic heterocycles. The van der Waals surface area contributed by atoms with Gasteiger partial charge in [0, 0.05) is 24.0 Å². The minimum atomic E-state index is -0.188. The number of amides is 3. The highest BCUT2D eigenvalue weighted by molar-refractivity contribution is 7.10. The molecule has 0 saturated heterocycles. The number of thiophene rings is 1. The Morgan fingerprint density at radius 1 is 1.18 bits per heavy atom. The minimum absolute atomic E-state index is 0.0454. The second-order valence-corrected chi connectivity index (χ2v) is 10.1. The van der Waals surface area contributed by atoms with Crippen molar-refractivity contribution in [1.82, 2.24) is 15.1 Å². The number of carbonyl (C=O) groups is 2. The first-order valence-electron chi connectivity index (χ1n) is 11.9. The van der Waals surface area contributed by atoms with Crippen LogP contribution >= 0.6 is 11.3 Å². The zero-order chi connectivity index (χ0) is 24.0. The number of nitrogens with zero attached hydrogens (tertiary/aromatic N) is 2. The van der Waals surface area contributed by atoms with Crippen molar-refractivity contribution in [3.8, 4) is 5.75 Å². The van der Waals surface area contributed by atoms with Gasteiger partial charge in [-0.2, -0.15) is 0 Å². The molecule has 0 fully saturated rings. The largest absolute Gasteiger partial charge is 0.491 e. The molecule has 1 aromatic heterocycles. The first-order valence-corrected chi connectivity index (χ1v) is 12.8. The van der Waals surface area contributed by atoms with Crippen molar-refractivity contribution >= 4 is 23.3 Å². The van der Waals surface area contributed by atoms with E-state index in [1.807, 2.05) is 37.8 Å². The molecule has 180 valence electrons. The first kappa shape index (κ1) is 25.1. The minimum Gasteiger partial charge on any atom is -0.491 e. The lowest BCUT2D eigenvalue weighted by atomic mass is 10.00. The normalized spacial score (nSPS) is 15.5. The van der Waals surface area contributed by atoms with Crippen molar-refractivity contribution in [2.24, 2.45) is 0 Å². The predicted molar refractivity (Wildman–Crippen MR) is 134 cm³/mol. The van der Waals surface area contributed by atoms with E-state index in [9.17, 15) is 9.59 Å². The molecule has 2 aromatic rings. The first-order chi connectivity index (χ1) is 15.8. The maximum absolute atomic E-state index is 13.4. The van der Waals surface area contributed by atoms with Crippen LogP contribution in [0.2, 0.25) is 0 Å². The summed E-state index contributed by atoms with van der Waals surface area (Å²) in [6, 6.07) is 9.86.